The Bertz CT molecular complexity index is 1060. The molecule has 3 heterocycles. The quantitative estimate of drug-likeness (QED) is 0.640. The van der Waals surface area contributed by atoms with Gasteiger partial charge in [-0.1, -0.05) is 5.16 Å². The molecule has 3 N–H and O–H groups in total. The van der Waals surface area contributed by atoms with Gasteiger partial charge in [-0.3, -0.25) is 14.4 Å². The van der Waals surface area contributed by atoms with Gasteiger partial charge in [-0.05, 0) is 30.7 Å². The largest absolute Gasteiger partial charge is 0.365 e. The van der Waals surface area contributed by atoms with Gasteiger partial charge in [0, 0.05) is 37.6 Å². The van der Waals surface area contributed by atoms with Crippen molar-refractivity contribution in [2.45, 2.75) is 19.0 Å². The molecule has 0 saturated carbocycles. The number of nitrogens with one attached hydrogen (secondary N) is 1. The lowest BCUT2D eigenvalue weighted by molar-refractivity contribution is 0.100. The van der Waals surface area contributed by atoms with Crippen molar-refractivity contribution in [3.63, 3.8) is 0 Å². The van der Waals surface area contributed by atoms with Crippen molar-refractivity contribution >= 4 is 17.4 Å². The third-order valence-corrected chi connectivity index (χ3v) is 5.15. The van der Waals surface area contributed by atoms with Gasteiger partial charge in [-0.15, -0.1) is 0 Å². The van der Waals surface area contributed by atoms with E-state index in [0.717, 1.165) is 12.2 Å². The zero-order valence-electron chi connectivity index (χ0n) is 16.0. The number of likely N-dealkylation sites (tertiary alicyclic amines) is 1. The monoisotopic (exact) mass is 409 g/mol. The number of halogens is 1. The predicted molar refractivity (Wildman–Crippen MR) is 105 cm³/mol. The van der Waals surface area contributed by atoms with Crippen molar-refractivity contribution in [1.82, 2.24) is 19.8 Å². The second-order valence-corrected chi connectivity index (χ2v) is 7.19. The van der Waals surface area contributed by atoms with E-state index in [2.05, 4.69) is 26.5 Å². The molecule has 1 aliphatic rings. The molecule has 1 amide bonds. The van der Waals surface area contributed by atoms with E-state index in [4.69, 9.17) is 10.3 Å². The summed E-state index contributed by atoms with van der Waals surface area (Å²) in [4.78, 5) is 14.1. The van der Waals surface area contributed by atoms with Gasteiger partial charge in [0.25, 0.3) is 5.91 Å². The molecule has 3 aromatic rings. The summed E-state index contributed by atoms with van der Waals surface area (Å²) in [6, 6.07) is 9.64. The first kappa shape index (κ1) is 19.6. The fraction of sp³-hybridized carbons (Fsp3) is 0.300. The van der Waals surface area contributed by atoms with Crippen LogP contribution in [0.1, 0.15) is 28.5 Å². The van der Waals surface area contributed by atoms with Crippen molar-refractivity contribution < 1.29 is 13.7 Å². The van der Waals surface area contributed by atoms with Gasteiger partial charge in [0.15, 0.2) is 5.82 Å². The molecule has 0 radical (unpaired) electrons. The first-order valence-corrected chi connectivity index (χ1v) is 9.46. The Hall–Kier alpha value is -3.71. The van der Waals surface area contributed by atoms with Gasteiger partial charge in [0.1, 0.15) is 17.6 Å². The molecule has 10 heteroatoms. The van der Waals surface area contributed by atoms with Crippen molar-refractivity contribution in [2.24, 2.45) is 11.7 Å². The normalized spacial score (nSPS) is 19.3. The minimum Gasteiger partial charge on any atom is -0.365 e. The summed E-state index contributed by atoms with van der Waals surface area (Å²) in [6.45, 7) is 1.88. The van der Waals surface area contributed by atoms with Crippen LogP contribution >= 0.6 is 0 Å². The molecule has 1 aromatic carbocycles. The van der Waals surface area contributed by atoms with Crippen LogP contribution in [0.15, 0.2) is 47.3 Å². The molecule has 2 atom stereocenters. The Balaban J connectivity index is 1.53. The zero-order chi connectivity index (χ0) is 21.1. The Morgan fingerprint density at radius 2 is 2.17 bits per heavy atom. The highest BCUT2D eigenvalue weighted by Gasteiger charge is 2.32. The predicted octanol–water partition coefficient (Wildman–Crippen LogP) is 2.44. The van der Waals surface area contributed by atoms with Gasteiger partial charge in [-0.2, -0.15) is 10.4 Å². The van der Waals surface area contributed by atoms with Gasteiger partial charge < -0.3 is 15.6 Å². The van der Waals surface area contributed by atoms with Gasteiger partial charge in [0.2, 0.25) is 0 Å². The van der Waals surface area contributed by atoms with E-state index in [0.29, 0.717) is 25.2 Å². The Morgan fingerprint density at radius 3 is 2.83 bits per heavy atom. The number of benzene rings is 1. The summed E-state index contributed by atoms with van der Waals surface area (Å²) < 4.78 is 19.6. The maximum absolute atomic E-state index is 13.1. The van der Waals surface area contributed by atoms with Crippen molar-refractivity contribution in [3.8, 4) is 6.07 Å². The van der Waals surface area contributed by atoms with Crippen molar-refractivity contribution in [2.75, 3.05) is 18.4 Å². The number of nitriles is 1. The lowest BCUT2D eigenvalue weighted by Gasteiger charge is -2.34. The average molecular weight is 409 g/mol. The summed E-state index contributed by atoms with van der Waals surface area (Å²) in [5.74, 6) is -1.06. The highest BCUT2D eigenvalue weighted by molar-refractivity contribution is 5.98. The molecule has 0 bridgehead atoms. The molecule has 1 fully saturated rings. The topological polar surface area (TPSA) is 126 Å². The number of carbonyl (C=O) groups excluding carboxylic acids is 1. The van der Waals surface area contributed by atoms with Gasteiger partial charge >= 0.3 is 0 Å². The van der Waals surface area contributed by atoms with E-state index in [1.54, 1.807) is 29.1 Å². The van der Waals surface area contributed by atoms with E-state index in [9.17, 15) is 14.4 Å². The molecule has 1 aliphatic heterocycles. The lowest BCUT2D eigenvalue weighted by Crippen LogP contribution is -2.40. The third-order valence-electron chi connectivity index (χ3n) is 5.15. The maximum Gasteiger partial charge on any atom is 0.254 e. The molecule has 154 valence electrons. The fourth-order valence-corrected chi connectivity index (χ4v) is 3.65. The summed E-state index contributed by atoms with van der Waals surface area (Å²) in [7, 11) is 0. The van der Waals surface area contributed by atoms with E-state index in [1.165, 1.54) is 18.4 Å². The molecular formula is C20H20FN7O2. The summed E-state index contributed by atoms with van der Waals surface area (Å²) in [5.41, 5.74) is 7.11. The Kier molecular flexibility index (Phi) is 5.45. The van der Waals surface area contributed by atoms with Crippen LogP contribution in [0.3, 0.4) is 0 Å². The first-order chi connectivity index (χ1) is 14.5. The summed E-state index contributed by atoms with van der Waals surface area (Å²) in [5, 5.41) is 21.1. The van der Waals surface area contributed by atoms with Gasteiger partial charge in [0.05, 0.1) is 23.7 Å². The average Bonchev–Trinajstić information content (AvgIpc) is 3.39. The molecule has 1 saturated heterocycles. The van der Waals surface area contributed by atoms with Crippen LogP contribution in [0.2, 0.25) is 0 Å². The zero-order valence-corrected chi connectivity index (χ0v) is 16.0. The number of anilines is 2. The van der Waals surface area contributed by atoms with E-state index < -0.39 is 5.91 Å². The van der Waals surface area contributed by atoms with Crippen LogP contribution < -0.4 is 11.1 Å². The lowest BCUT2D eigenvalue weighted by atomic mass is 9.93. The number of primary amides is 1. The SMILES string of the molecule is N#C[C@H]1CN(Cc2ccon2)CC[C@H]1n1cc(C(N)=O)c(Nc2ccc(F)cc2)n1. The van der Waals surface area contributed by atoms with Crippen LogP contribution in [-0.4, -0.2) is 38.8 Å². The minimum absolute atomic E-state index is 0.203. The Morgan fingerprint density at radius 1 is 1.37 bits per heavy atom. The van der Waals surface area contributed by atoms with Crippen LogP contribution in [0.5, 0.6) is 0 Å². The second-order valence-electron chi connectivity index (χ2n) is 7.19. The second kappa shape index (κ2) is 8.34. The van der Waals surface area contributed by atoms with Crippen LogP contribution in [0.4, 0.5) is 15.9 Å². The molecule has 2 aromatic heterocycles. The van der Waals surface area contributed by atoms with Crippen molar-refractivity contribution in [1.29, 1.82) is 5.26 Å². The number of aromatic nitrogens is 3. The maximum atomic E-state index is 13.1. The van der Waals surface area contributed by atoms with Crippen LogP contribution in [-0.2, 0) is 6.54 Å². The standard InChI is InChI=1S/C20H20FN7O2/c21-14-1-3-15(4-2-14)24-20-17(19(23)29)12-28(25-20)18-5-7-27(10-13(18)9-22)11-16-6-8-30-26-16/h1-4,6,8,12-13,18H,5,7,10-11H2,(H2,23,29)(H,24,25)/t13-,18+/m0/s1. The number of rotatable bonds is 6. The molecule has 30 heavy (non-hydrogen) atoms. The number of piperidine rings is 1. The smallest absolute Gasteiger partial charge is 0.254 e. The first-order valence-electron chi connectivity index (χ1n) is 9.46. The number of nitrogens with zero attached hydrogens (tertiary/aromatic N) is 5. The highest BCUT2D eigenvalue weighted by atomic mass is 19.1. The molecule has 0 spiro atoms. The third kappa shape index (κ3) is 4.16. The molecule has 9 nitrogen and oxygen atoms in total. The number of hydrogen-bond acceptors (Lipinski definition) is 7. The van der Waals surface area contributed by atoms with E-state index in [-0.39, 0.29) is 29.2 Å². The number of nitrogens with two attached hydrogens (primary N) is 1. The summed E-state index contributed by atoms with van der Waals surface area (Å²) in [6.07, 6.45) is 3.76. The fourth-order valence-electron chi connectivity index (χ4n) is 3.65. The molecule has 0 aliphatic carbocycles. The van der Waals surface area contributed by atoms with E-state index >= 15 is 0 Å². The molecule has 4 rings (SSSR count). The number of amides is 1. The van der Waals surface area contributed by atoms with E-state index in [1.807, 2.05) is 0 Å². The molecular weight excluding hydrogens is 389 g/mol. The van der Waals surface area contributed by atoms with Crippen LogP contribution in [0.25, 0.3) is 0 Å². The molecule has 0 unspecified atom stereocenters. The summed E-state index contributed by atoms with van der Waals surface area (Å²) >= 11 is 0. The minimum atomic E-state index is -0.636. The number of carbonyl (C=O) groups is 1. The van der Waals surface area contributed by atoms with Crippen molar-refractivity contribution in [3.05, 3.63) is 59.9 Å². The Labute approximate surface area is 171 Å². The number of hydrogen-bond donors (Lipinski definition) is 2. The highest BCUT2D eigenvalue weighted by Crippen LogP contribution is 2.30. The van der Waals surface area contributed by atoms with Gasteiger partial charge in [-0.25, -0.2) is 4.39 Å². The van der Waals surface area contributed by atoms with Crippen LogP contribution in [0, 0.1) is 23.1 Å².